The van der Waals surface area contributed by atoms with Crippen LogP contribution >= 0.6 is 11.3 Å². The number of aromatic nitrogens is 2. The van der Waals surface area contributed by atoms with E-state index in [1.165, 1.54) is 29.7 Å². The summed E-state index contributed by atoms with van der Waals surface area (Å²) < 4.78 is 6.27. The zero-order valence-electron chi connectivity index (χ0n) is 13.4. The van der Waals surface area contributed by atoms with E-state index in [0.717, 1.165) is 28.9 Å². The zero-order valence-corrected chi connectivity index (χ0v) is 14.2. The minimum Gasteiger partial charge on any atom is -0.474 e. The molecule has 0 spiro atoms. The number of hydrogen-bond donors (Lipinski definition) is 0. The van der Waals surface area contributed by atoms with Crippen molar-refractivity contribution >= 4 is 21.6 Å². The normalized spacial score (nSPS) is 17.3. The molecule has 1 fully saturated rings. The highest BCUT2D eigenvalue weighted by molar-refractivity contribution is 7.18. The van der Waals surface area contributed by atoms with Gasteiger partial charge in [0, 0.05) is 4.88 Å². The fourth-order valence-corrected chi connectivity index (χ4v) is 4.54. The first kappa shape index (κ1) is 14.8. The Kier molecular flexibility index (Phi) is 3.91. The van der Waals surface area contributed by atoms with Crippen LogP contribution < -0.4 is 4.74 Å². The van der Waals surface area contributed by atoms with Crippen LogP contribution in [0.25, 0.3) is 10.2 Å². The van der Waals surface area contributed by atoms with Gasteiger partial charge in [0.25, 0.3) is 0 Å². The van der Waals surface area contributed by atoms with Gasteiger partial charge < -0.3 is 4.74 Å². The maximum atomic E-state index is 6.27. The highest BCUT2D eigenvalue weighted by atomic mass is 32.1. The van der Waals surface area contributed by atoms with Gasteiger partial charge in [-0.05, 0) is 43.6 Å². The molecule has 2 aromatic heterocycles. The number of aryl methyl sites for hydroxylation is 1. The lowest BCUT2D eigenvalue weighted by Gasteiger charge is -2.24. The van der Waals surface area contributed by atoms with E-state index in [2.05, 4.69) is 37.7 Å². The average Bonchev–Trinajstić information content (AvgIpc) is 2.77. The molecule has 3 rings (SSSR count). The molecule has 0 aromatic carbocycles. The molecule has 114 valence electrons. The van der Waals surface area contributed by atoms with Gasteiger partial charge in [0.15, 0.2) is 0 Å². The lowest BCUT2D eigenvalue weighted by molar-refractivity contribution is 0.150. The van der Waals surface area contributed by atoms with Gasteiger partial charge in [0.2, 0.25) is 5.88 Å². The van der Waals surface area contributed by atoms with Gasteiger partial charge >= 0.3 is 0 Å². The number of fused-ring (bicyclic) bond motifs is 1. The van der Waals surface area contributed by atoms with Gasteiger partial charge in [-0.15, -0.1) is 11.3 Å². The molecule has 4 heteroatoms. The first-order valence-electron chi connectivity index (χ1n) is 7.88. The summed E-state index contributed by atoms with van der Waals surface area (Å²) in [7, 11) is 0. The van der Waals surface area contributed by atoms with Gasteiger partial charge in [0.05, 0.1) is 5.39 Å². The van der Waals surface area contributed by atoms with Gasteiger partial charge in [0.1, 0.15) is 17.3 Å². The monoisotopic (exact) mass is 304 g/mol. The van der Waals surface area contributed by atoms with Crippen molar-refractivity contribution in [3.63, 3.8) is 0 Å². The van der Waals surface area contributed by atoms with Crippen molar-refractivity contribution in [1.82, 2.24) is 9.97 Å². The molecule has 2 heterocycles. The molecule has 3 nitrogen and oxygen atoms in total. The molecule has 0 bridgehead atoms. The molecule has 1 saturated carbocycles. The SMILES string of the molecule is Cc1sc2ncnc(OC3CCCCC3)c2c1C(C)(C)C. The molecule has 1 aliphatic rings. The molecule has 0 unspecified atom stereocenters. The Balaban J connectivity index is 2.05. The van der Waals surface area contributed by atoms with Crippen LogP contribution in [0.15, 0.2) is 6.33 Å². The van der Waals surface area contributed by atoms with Gasteiger partial charge in [-0.1, -0.05) is 27.2 Å². The molecular formula is C17H24N2OS. The fourth-order valence-electron chi connectivity index (χ4n) is 3.35. The highest BCUT2D eigenvalue weighted by Gasteiger charge is 2.26. The number of nitrogens with zero attached hydrogens (tertiary/aromatic N) is 2. The summed E-state index contributed by atoms with van der Waals surface area (Å²) >= 11 is 1.75. The summed E-state index contributed by atoms with van der Waals surface area (Å²) in [5, 5.41) is 1.14. The maximum absolute atomic E-state index is 6.27. The van der Waals surface area contributed by atoms with Crippen molar-refractivity contribution in [3.05, 3.63) is 16.8 Å². The van der Waals surface area contributed by atoms with Gasteiger partial charge in [-0.2, -0.15) is 0 Å². The second-order valence-corrected chi connectivity index (χ2v) is 8.22. The van der Waals surface area contributed by atoms with Crippen LogP contribution in [-0.4, -0.2) is 16.1 Å². The van der Waals surface area contributed by atoms with Crippen LogP contribution in [0.3, 0.4) is 0 Å². The van der Waals surface area contributed by atoms with Crippen molar-refractivity contribution in [2.24, 2.45) is 0 Å². The summed E-state index contributed by atoms with van der Waals surface area (Å²) in [5.41, 5.74) is 1.42. The third kappa shape index (κ3) is 2.91. The highest BCUT2D eigenvalue weighted by Crippen LogP contribution is 2.41. The summed E-state index contributed by atoms with van der Waals surface area (Å²) in [6.45, 7) is 8.92. The van der Waals surface area contributed by atoms with Crippen LogP contribution in [0.5, 0.6) is 5.88 Å². The van der Waals surface area contributed by atoms with E-state index in [-0.39, 0.29) is 5.41 Å². The van der Waals surface area contributed by atoms with Crippen LogP contribution in [0.4, 0.5) is 0 Å². The minimum atomic E-state index is 0.0811. The van der Waals surface area contributed by atoms with Crippen LogP contribution in [0, 0.1) is 6.92 Å². The topological polar surface area (TPSA) is 35.0 Å². The van der Waals surface area contributed by atoms with Crippen molar-refractivity contribution in [2.45, 2.75) is 71.3 Å². The van der Waals surface area contributed by atoms with E-state index >= 15 is 0 Å². The van der Waals surface area contributed by atoms with Crippen LogP contribution in [0.2, 0.25) is 0 Å². The zero-order chi connectivity index (χ0) is 15.0. The predicted molar refractivity (Wildman–Crippen MR) is 88.4 cm³/mol. The number of ether oxygens (including phenoxy) is 1. The Hall–Kier alpha value is -1.16. The maximum Gasteiger partial charge on any atom is 0.225 e. The van der Waals surface area contributed by atoms with E-state index in [4.69, 9.17) is 4.74 Å². The Morgan fingerprint density at radius 3 is 2.52 bits per heavy atom. The average molecular weight is 304 g/mol. The Bertz CT molecular complexity index is 636. The number of rotatable bonds is 2. The summed E-state index contributed by atoms with van der Waals surface area (Å²) in [5.74, 6) is 0.793. The van der Waals surface area contributed by atoms with E-state index in [0.29, 0.717) is 6.10 Å². The van der Waals surface area contributed by atoms with Crippen LogP contribution in [0.1, 0.15) is 63.3 Å². The molecule has 0 amide bonds. The van der Waals surface area contributed by atoms with E-state index < -0.39 is 0 Å². The van der Waals surface area contributed by atoms with E-state index in [9.17, 15) is 0 Å². The molecular weight excluding hydrogens is 280 g/mol. The molecule has 0 aliphatic heterocycles. The Morgan fingerprint density at radius 1 is 1.14 bits per heavy atom. The number of thiophene rings is 1. The molecule has 21 heavy (non-hydrogen) atoms. The van der Waals surface area contributed by atoms with E-state index in [1.54, 1.807) is 17.7 Å². The largest absolute Gasteiger partial charge is 0.474 e. The Labute approximate surface area is 130 Å². The van der Waals surface area contributed by atoms with Crippen molar-refractivity contribution in [3.8, 4) is 5.88 Å². The molecule has 0 radical (unpaired) electrons. The first-order chi connectivity index (χ1) is 9.97. The van der Waals surface area contributed by atoms with Gasteiger partial charge in [-0.25, -0.2) is 9.97 Å². The standard InChI is InChI=1S/C17H24N2OS/c1-11-14(17(2,3)4)13-15(18-10-19-16(13)21-11)20-12-8-6-5-7-9-12/h10,12H,5-9H2,1-4H3. The third-order valence-corrected chi connectivity index (χ3v) is 5.22. The lowest BCUT2D eigenvalue weighted by Crippen LogP contribution is -2.21. The Morgan fingerprint density at radius 2 is 1.86 bits per heavy atom. The molecule has 2 aromatic rings. The van der Waals surface area contributed by atoms with Crippen molar-refractivity contribution < 1.29 is 4.74 Å². The minimum absolute atomic E-state index is 0.0811. The fraction of sp³-hybridized carbons (Fsp3) is 0.647. The molecule has 0 N–H and O–H groups in total. The van der Waals surface area contributed by atoms with Crippen molar-refractivity contribution in [1.29, 1.82) is 0 Å². The second-order valence-electron chi connectivity index (χ2n) is 7.02. The summed E-state index contributed by atoms with van der Waals surface area (Å²) in [6.07, 6.45) is 8.15. The van der Waals surface area contributed by atoms with Gasteiger partial charge in [-0.3, -0.25) is 0 Å². The van der Waals surface area contributed by atoms with Crippen LogP contribution in [-0.2, 0) is 5.41 Å². The summed E-state index contributed by atoms with van der Waals surface area (Å²) in [4.78, 5) is 11.3. The van der Waals surface area contributed by atoms with E-state index in [1.807, 2.05) is 0 Å². The second kappa shape index (κ2) is 5.56. The number of hydrogen-bond acceptors (Lipinski definition) is 4. The van der Waals surface area contributed by atoms with Crippen molar-refractivity contribution in [2.75, 3.05) is 0 Å². The first-order valence-corrected chi connectivity index (χ1v) is 8.69. The third-order valence-electron chi connectivity index (χ3n) is 4.21. The lowest BCUT2D eigenvalue weighted by atomic mass is 9.85. The molecule has 0 atom stereocenters. The summed E-state index contributed by atoms with van der Waals surface area (Å²) in [6, 6.07) is 0. The smallest absolute Gasteiger partial charge is 0.225 e. The molecule has 1 aliphatic carbocycles. The quantitative estimate of drug-likeness (QED) is 0.782. The predicted octanol–water partition coefficient (Wildman–Crippen LogP) is 5.01. The molecule has 0 saturated heterocycles.